The van der Waals surface area contributed by atoms with Gasteiger partial charge in [0.15, 0.2) is 0 Å². The molecule has 1 unspecified atom stereocenters. The maximum atomic E-state index is 5.98. The van der Waals surface area contributed by atoms with E-state index in [9.17, 15) is 0 Å². The fourth-order valence-electron chi connectivity index (χ4n) is 2.85. The predicted octanol–water partition coefficient (Wildman–Crippen LogP) is 5.19. The Kier molecular flexibility index (Phi) is 6.09. The van der Waals surface area contributed by atoms with Crippen LogP contribution >= 0.6 is 11.6 Å². The molecule has 0 amide bonds. The van der Waals surface area contributed by atoms with Crippen LogP contribution in [0.25, 0.3) is 0 Å². The number of aryl methyl sites for hydroxylation is 1. The van der Waals surface area contributed by atoms with Gasteiger partial charge in [-0.2, -0.15) is 0 Å². The van der Waals surface area contributed by atoms with E-state index >= 15 is 0 Å². The molecule has 0 spiro atoms. The van der Waals surface area contributed by atoms with Crippen LogP contribution in [0.1, 0.15) is 38.3 Å². The molecule has 0 bridgehead atoms. The molecular weight excluding hydrogens is 306 g/mol. The van der Waals surface area contributed by atoms with Crippen LogP contribution in [-0.4, -0.2) is 13.2 Å². The molecule has 2 nitrogen and oxygen atoms in total. The van der Waals surface area contributed by atoms with Crippen molar-refractivity contribution in [3.63, 3.8) is 0 Å². The minimum Gasteiger partial charge on any atom is -0.497 e. The second-order valence-electron chi connectivity index (χ2n) is 6.57. The van der Waals surface area contributed by atoms with E-state index in [2.05, 4.69) is 50.4 Å². The van der Waals surface area contributed by atoms with Crippen molar-refractivity contribution in [2.75, 3.05) is 7.11 Å². The molecule has 0 aliphatic heterocycles. The number of halogens is 1. The summed E-state index contributed by atoms with van der Waals surface area (Å²) in [5, 5.41) is 4.49. The first-order valence-corrected chi connectivity index (χ1v) is 8.45. The number of rotatable bonds is 7. The molecule has 0 radical (unpaired) electrons. The lowest BCUT2D eigenvalue weighted by Gasteiger charge is -2.31. The van der Waals surface area contributed by atoms with Gasteiger partial charge in [-0.25, -0.2) is 0 Å². The van der Waals surface area contributed by atoms with Gasteiger partial charge in [-0.05, 0) is 69.0 Å². The summed E-state index contributed by atoms with van der Waals surface area (Å²) >= 11 is 5.98. The van der Waals surface area contributed by atoms with E-state index in [1.54, 1.807) is 7.11 Å². The maximum absolute atomic E-state index is 5.98. The van der Waals surface area contributed by atoms with Crippen molar-refractivity contribution >= 4 is 11.6 Å². The molecule has 2 aromatic rings. The topological polar surface area (TPSA) is 21.3 Å². The highest BCUT2D eigenvalue weighted by atomic mass is 35.5. The van der Waals surface area contributed by atoms with E-state index in [1.165, 1.54) is 11.1 Å². The van der Waals surface area contributed by atoms with Crippen LogP contribution in [0.15, 0.2) is 48.5 Å². The quantitative estimate of drug-likeness (QED) is 0.753. The normalized spacial score (nSPS) is 12.9. The molecule has 23 heavy (non-hydrogen) atoms. The summed E-state index contributed by atoms with van der Waals surface area (Å²) in [7, 11) is 1.71. The highest BCUT2D eigenvalue weighted by molar-refractivity contribution is 6.30. The van der Waals surface area contributed by atoms with Crippen molar-refractivity contribution in [3.05, 3.63) is 64.7 Å². The first kappa shape index (κ1) is 17.8. The maximum Gasteiger partial charge on any atom is 0.119 e. The van der Waals surface area contributed by atoms with Crippen LogP contribution in [0.3, 0.4) is 0 Å². The molecule has 0 aliphatic carbocycles. The van der Waals surface area contributed by atoms with Crippen molar-refractivity contribution in [3.8, 4) is 5.75 Å². The van der Waals surface area contributed by atoms with E-state index in [0.29, 0.717) is 6.04 Å². The Hall–Kier alpha value is -1.51. The number of benzene rings is 2. The van der Waals surface area contributed by atoms with Crippen LogP contribution in [-0.2, 0) is 12.0 Å². The fourth-order valence-corrected chi connectivity index (χ4v) is 2.98. The number of hydrogen-bond donors (Lipinski definition) is 1. The molecule has 124 valence electrons. The van der Waals surface area contributed by atoms with Crippen molar-refractivity contribution in [1.82, 2.24) is 5.32 Å². The van der Waals surface area contributed by atoms with Gasteiger partial charge in [-0.3, -0.25) is 0 Å². The van der Waals surface area contributed by atoms with Crippen LogP contribution < -0.4 is 10.1 Å². The fraction of sp³-hybridized carbons (Fsp3) is 0.400. The third-order valence-electron chi connectivity index (χ3n) is 4.17. The Bertz CT molecular complexity index is 622. The predicted molar refractivity (Wildman–Crippen MR) is 98.4 cm³/mol. The van der Waals surface area contributed by atoms with Crippen LogP contribution in [0.5, 0.6) is 5.75 Å². The summed E-state index contributed by atoms with van der Waals surface area (Å²) in [5.41, 5.74) is 2.47. The molecule has 0 saturated heterocycles. The molecule has 0 aliphatic rings. The van der Waals surface area contributed by atoms with Crippen LogP contribution in [0, 0.1) is 0 Å². The van der Waals surface area contributed by atoms with Crippen molar-refractivity contribution in [1.29, 1.82) is 0 Å². The minimum atomic E-state index is -0.0849. The monoisotopic (exact) mass is 331 g/mol. The zero-order valence-electron chi connectivity index (χ0n) is 14.4. The van der Waals surface area contributed by atoms with Gasteiger partial charge in [-0.1, -0.05) is 35.9 Å². The lowest BCUT2D eigenvalue weighted by molar-refractivity contribution is 0.341. The zero-order valence-corrected chi connectivity index (χ0v) is 15.2. The van der Waals surface area contributed by atoms with Crippen molar-refractivity contribution in [2.45, 2.75) is 45.2 Å². The number of methoxy groups -OCH3 is 1. The summed E-state index contributed by atoms with van der Waals surface area (Å²) < 4.78 is 5.28. The SMILES string of the molecule is COc1cccc(CCC(C)NC(C)(C)c2ccc(Cl)cc2)c1. The first-order chi connectivity index (χ1) is 10.9. The molecule has 1 N–H and O–H groups in total. The molecular formula is C20H26ClNO. The summed E-state index contributed by atoms with van der Waals surface area (Å²) in [4.78, 5) is 0. The third kappa shape index (κ3) is 5.26. The summed E-state index contributed by atoms with van der Waals surface area (Å²) in [6.45, 7) is 6.65. The van der Waals surface area contributed by atoms with Crippen molar-refractivity contribution < 1.29 is 4.74 Å². The Balaban J connectivity index is 1.92. The lowest BCUT2D eigenvalue weighted by Crippen LogP contribution is -2.42. The van der Waals surface area contributed by atoms with Gasteiger partial charge in [0.05, 0.1) is 7.11 Å². The molecule has 0 heterocycles. The second kappa shape index (κ2) is 7.85. The van der Waals surface area contributed by atoms with Crippen molar-refractivity contribution in [2.24, 2.45) is 0 Å². The van der Waals surface area contributed by atoms with E-state index < -0.39 is 0 Å². The van der Waals surface area contributed by atoms with E-state index in [0.717, 1.165) is 23.6 Å². The Labute approximate surface area is 144 Å². The van der Waals surface area contributed by atoms with Gasteiger partial charge in [0.2, 0.25) is 0 Å². The van der Waals surface area contributed by atoms with Gasteiger partial charge in [-0.15, -0.1) is 0 Å². The number of ether oxygens (including phenoxy) is 1. The first-order valence-electron chi connectivity index (χ1n) is 8.07. The highest BCUT2D eigenvalue weighted by Gasteiger charge is 2.22. The van der Waals surface area contributed by atoms with E-state index in [-0.39, 0.29) is 5.54 Å². The van der Waals surface area contributed by atoms with Gasteiger partial charge >= 0.3 is 0 Å². The Morgan fingerprint density at radius 2 is 1.83 bits per heavy atom. The lowest BCUT2D eigenvalue weighted by atomic mass is 9.92. The van der Waals surface area contributed by atoms with Gasteiger partial charge in [0, 0.05) is 16.6 Å². The Morgan fingerprint density at radius 1 is 1.13 bits per heavy atom. The highest BCUT2D eigenvalue weighted by Crippen LogP contribution is 2.23. The van der Waals surface area contributed by atoms with Crippen LogP contribution in [0.4, 0.5) is 0 Å². The molecule has 0 aromatic heterocycles. The molecule has 2 aromatic carbocycles. The van der Waals surface area contributed by atoms with Gasteiger partial charge in [0.1, 0.15) is 5.75 Å². The number of nitrogens with one attached hydrogen (secondary N) is 1. The summed E-state index contributed by atoms with van der Waals surface area (Å²) in [6, 6.07) is 16.8. The minimum absolute atomic E-state index is 0.0849. The zero-order chi connectivity index (χ0) is 16.9. The van der Waals surface area contributed by atoms with E-state index in [4.69, 9.17) is 16.3 Å². The smallest absolute Gasteiger partial charge is 0.119 e. The summed E-state index contributed by atoms with van der Waals surface area (Å²) in [5.74, 6) is 0.921. The third-order valence-corrected chi connectivity index (χ3v) is 4.43. The molecule has 1 atom stereocenters. The van der Waals surface area contributed by atoms with Gasteiger partial charge < -0.3 is 10.1 Å². The van der Waals surface area contributed by atoms with E-state index in [1.807, 2.05) is 24.3 Å². The molecule has 0 fully saturated rings. The second-order valence-corrected chi connectivity index (χ2v) is 7.00. The Morgan fingerprint density at radius 3 is 2.48 bits per heavy atom. The standard InChI is InChI=1S/C20H26ClNO/c1-15(8-9-16-6-5-7-19(14-16)23-4)22-20(2,3)17-10-12-18(21)13-11-17/h5-7,10-15,22H,8-9H2,1-4H3. The van der Waals surface area contributed by atoms with Gasteiger partial charge in [0.25, 0.3) is 0 Å². The van der Waals surface area contributed by atoms with Crippen LogP contribution in [0.2, 0.25) is 5.02 Å². The average molecular weight is 332 g/mol. The molecule has 3 heteroatoms. The average Bonchev–Trinajstić information content (AvgIpc) is 2.53. The summed E-state index contributed by atoms with van der Waals surface area (Å²) in [6.07, 6.45) is 2.10. The molecule has 2 rings (SSSR count). The largest absolute Gasteiger partial charge is 0.497 e. The number of hydrogen-bond acceptors (Lipinski definition) is 2. The molecule has 0 saturated carbocycles.